The van der Waals surface area contributed by atoms with Crippen LogP contribution in [0.25, 0.3) is 11.5 Å². The minimum Gasteiger partial charge on any atom is -0.465 e. The van der Waals surface area contributed by atoms with Crippen molar-refractivity contribution in [1.29, 1.82) is 0 Å². The molecule has 0 fully saturated rings. The number of nitrogens with one attached hydrogen (secondary N) is 1. The molecule has 0 saturated heterocycles. The van der Waals surface area contributed by atoms with Crippen molar-refractivity contribution in [3.05, 3.63) is 23.4 Å². The van der Waals surface area contributed by atoms with Crippen molar-refractivity contribution in [3.63, 3.8) is 0 Å². The Labute approximate surface area is 123 Å². The summed E-state index contributed by atoms with van der Waals surface area (Å²) in [6.07, 6.45) is 0. The molecule has 2 aromatic heterocycles. The lowest BCUT2D eigenvalue weighted by Gasteiger charge is -2.20. The molecule has 0 atom stereocenters. The van der Waals surface area contributed by atoms with Crippen molar-refractivity contribution >= 4 is 5.91 Å². The zero-order valence-electron chi connectivity index (χ0n) is 13.3. The lowest BCUT2D eigenvalue weighted by molar-refractivity contribution is -0.120. The molecule has 6 heteroatoms. The zero-order chi connectivity index (χ0) is 15.8. The third kappa shape index (κ3) is 3.15. The maximum atomic E-state index is 11.2. The van der Waals surface area contributed by atoms with Gasteiger partial charge < -0.3 is 14.3 Å². The van der Waals surface area contributed by atoms with Gasteiger partial charge in [0.2, 0.25) is 5.91 Å². The fraction of sp³-hybridized carbons (Fsp3) is 0.533. The highest BCUT2D eigenvalue weighted by atomic mass is 16.5. The Hall–Kier alpha value is -2.11. The number of aryl methyl sites for hydroxylation is 1. The second-order valence-corrected chi connectivity index (χ2v) is 6.00. The molecule has 1 N–H and O–H groups in total. The average molecular weight is 291 g/mol. The monoisotopic (exact) mass is 291 g/mol. The standard InChI is InChI=1S/C15H21N3O3/c1-8(2)12-7-11(9(3)20-12)13-16-14(18-21-13)15(5,6)17-10(4)19/h7-8H,1-6H3,(H,17,19). The first-order chi connectivity index (χ1) is 9.70. The molecule has 21 heavy (non-hydrogen) atoms. The number of rotatable bonds is 4. The summed E-state index contributed by atoms with van der Waals surface area (Å²) in [4.78, 5) is 15.6. The largest absolute Gasteiger partial charge is 0.465 e. The van der Waals surface area contributed by atoms with Gasteiger partial charge in [0, 0.05) is 12.8 Å². The number of hydrogen-bond donors (Lipinski definition) is 1. The first kappa shape index (κ1) is 15.3. The van der Waals surface area contributed by atoms with Gasteiger partial charge in [-0.25, -0.2) is 0 Å². The molecular formula is C15H21N3O3. The lowest BCUT2D eigenvalue weighted by Crippen LogP contribution is -2.40. The summed E-state index contributed by atoms with van der Waals surface area (Å²) in [6, 6.07) is 1.92. The van der Waals surface area contributed by atoms with Gasteiger partial charge in [-0.3, -0.25) is 4.79 Å². The van der Waals surface area contributed by atoms with Crippen molar-refractivity contribution in [3.8, 4) is 11.5 Å². The van der Waals surface area contributed by atoms with Crippen LogP contribution in [0.3, 0.4) is 0 Å². The van der Waals surface area contributed by atoms with E-state index >= 15 is 0 Å². The van der Waals surface area contributed by atoms with E-state index in [9.17, 15) is 4.79 Å². The van der Waals surface area contributed by atoms with Gasteiger partial charge in [0.15, 0.2) is 5.82 Å². The molecule has 0 bridgehead atoms. The average Bonchev–Trinajstić information content (AvgIpc) is 2.93. The number of amides is 1. The second kappa shape index (κ2) is 5.35. The van der Waals surface area contributed by atoms with Crippen molar-refractivity contribution in [1.82, 2.24) is 15.5 Å². The van der Waals surface area contributed by atoms with Crippen LogP contribution in [0.2, 0.25) is 0 Å². The molecule has 0 aliphatic rings. The predicted molar refractivity (Wildman–Crippen MR) is 77.7 cm³/mol. The van der Waals surface area contributed by atoms with E-state index in [4.69, 9.17) is 8.94 Å². The van der Waals surface area contributed by atoms with Gasteiger partial charge in [0.1, 0.15) is 11.5 Å². The van der Waals surface area contributed by atoms with E-state index in [0.29, 0.717) is 11.7 Å². The summed E-state index contributed by atoms with van der Waals surface area (Å²) in [5.74, 6) is 2.59. The number of furan rings is 1. The summed E-state index contributed by atoms with van der Waals surface area (Å²) in [6.45, 7) is 11.1. The maximum Gasteiger partial charge on any atom is 0.261 e. The number of nitrogens with zero attached hydrogens (tertiary/aromatic N) is 2. The molecule has 0 aliphatic carbocycles. The highest BCUT2D eigenvalue weighted by Gasteiger charge is 2.28. The van der Waals surface area contributed by atoms with Crippen LogP contribution in [-0.2, 0) is 10.3 Å². The lowest BCUT2D eigenvalue weighted by atomic mass is 10.1. The smallest absolute Gasteiger partial charge is 0.261 e. The van der Waals surface area contributed by atoms with Gasteiger partial charge in [-0.2, -0.15) is 4.98 Å². The van der Waals surface area contributed by atoms with Crippen molar-refractivity contribution in [2.45, 2.75) is 53.0 Å². The molecule has 2 rings (SSSR count). The number of carbonyl (C=O) groups excluding carboxylic acids is 1. The first-order valence-corrected chi connectivity index (χ1v) is 6.94. The van der Waals surface area contributed by atoms with Gasteiger partial charge in [-0.15, -0.1) is 0 Å². The third-order valence-electron chi connectivity index (χ3n) is 3.21. The molecule has 1 amide bonds. The van der Waals surface area contributed by atoms with Crippen LogP contribution in [0.4, 0.5) is 0 Å². The van der Waals surface area contributed by atoms with Gasteiger partial charge in [0.05, 0.1) is 11.1 Å². The quantitative estimate of drug-likeness (QED) is 0.936. The summed E-state index contributed by atoms with van der Waals surface area (Å²) in [7, 11) is 0. The molecule has 0 radical (unpaired) electrons. The third-order valence-corrected chi connectivity index (χ3v) is 3.21. The van der Waals surface area contributed by atoms with E-state index in [-0.39, 0.29) is 11.8 Å². The van der Waals surface area contributed by atoms with Crippen LogP contribution in [0.15, 0.2) is 15.0 Å². The number of hydrogen-bond acceptors (Lipinski definition) is 5. The maximum absolute atomic E-state index is 11.2. The minimum absolute atomic E-state index is 0.145. The Morgan fingerprint density at radius 2 is 2.05 bits per heavy atom. The normalized spacial score (nSPS) is 12.0. The van der Waals surface area contributed by atoms with E-state index < -0.39 is 5.54 Å². The zero-order valence-corrected chi connectivity index (χ0v) is 13.3. The van der Waals surface area contributed by atoms with Crippen LogP contribution in [0.1, 0.15) is 57.9 Å². The van der Waals surface area contributed by atoms with Crippen LogP contribution in [-0.4, -0.2) is 16.0 Å². The van der Waals surface area contributed by atoms with Crippen LogP contribution in [0.5, 0.6) is 0 Å². The molecule has 0 aliphatic heterocycles. The molecule has 0 aromatic carbocycles. The van der Waals surface area contributed by atoms with Crippen molar-refractivity contribution in [2.24, 2.45) is 0 Å². The van der Waals surface area contributed by atoms with E-state index in [0.717, 1.165) is 17.1 Å². The fourth-order valence-corrected chi connectivity index (χ4v) is 2.08. The van der Waals surface area contributed by atoms with E-state index in [1.165, 1.54) is 6.92 Å². The Bertz CT molecular complexity index is 653. The van der Waals surface area contributed by atoms with Gasteiger partial charge >= 0.3 is 0 Å². The number of carbonyl (C=O) groups is 1. The molecule has 0 unspecified atom stereocenters. The first-order valence-electron chi connectivity index (χ1n) is 6.94. The fourth-order valence-electron chi connectivity index (χ4n) is 2.08. The van der Waals surface area contributed by atoms with Crippen LogP contribution >= 0.6 is 0 Å². The topological polar surface area (TPSA) is 81.2 Å². The molecule has 2 heterocycles. The Balaban J connectivity index is 2.34. The Kier molecular flexibility index (Phi) is 3.89. The highest BCUT2D eigenvalue weighted by molar-refractivity contribution is 5.73. The van der Waals surface area contributed by atoms with Crippen molar-refractivity contribution in [2.75, 3.05) is 0 Å². The minimum atomic E-state index is -0.688. The molecule has 6 nitrogen and oxygen atoms in total. The molecular weight excluding hydrogens is 270 g/mol. The van der Waals surface area contributed by atoms with E-state index in [1.807, 2.05) is 26.8 Å². The second-order valence-electron chi connectivity index (χ2n) is 6.00. The summed E-state index contributed by atoms with van der Waals surface area (Å²) < 4.78 is 11.0. The predicted octanol–water partition coefficient (Wildman–Crippen LogP) is 3.13. The SMILES string of the molecule is CC(=O)NC(C)(C)c1noc(-c2cc(C(C)C)oc2C)n1. The van der Waals surface area contributed by atoms with Gasteiger partial charge in [-0.1, -0.05) is 19.0 Å². The number of aromatic nitrogens is 2. The molecule has 0 saturated carbocycles. The summed E-state index contributed by atoms with van der Waals surface area (Å²) in [5.41, 5.74) is 0.0996. The van der Waals surface area contributed by atoms with E-state index in [2.05, 4.69) is 29.3 Å². The Morgan fingerprint density at radius 3 is 2.57 bits per heavy atom. The summed E-state index contributed by atoms with van der Waals surface area (Å²) >= 11 is 0. The highest BCUT2D eigenvalue weighted by Crippen LogP contribution is 2.30. The summed E-state index contributed by atoms with van der Waals surface area (Å²) in [5, 5.41) is 6.76. The molecule has 0 spiro atoms. The Morgan fingerprint density at radius 1 is 1.38 bits per heavy atom. The molecule has 114 valence electrons. The van der Waals surface area contributed by atoms with Crippen molar-refractivity contribution < 1.29 is 13.7 Å². The molecule has 2 aromatic rings. The van der Waals surface area contributed by atoms with Crippen LogP contribution in [0, 0.1) is 6.92 Å². The van der Waals surface area contributed by atoms with Crippen LogP contribution < -0.4 is 5.32 Å². The van der Waals surface area contributed by atoms with Gasteiger partial charge in [-0.05, 0) is 26.8 Å². The van der Waals surface area contributed by atoms with Gasteiger partial charge in [0.25, 0.3) is 5.89 Å². The van der Waals surface area contributed by atoms with E-state index in [1.54, 1.807) is 0 Å².